The van der Waals surface area contributed by atoms with Gasteiger partial charge in [-0.3, -0.25) is 9.59 Å². The Labute approximate surface area is 123 Å². The predicted molar refractivity (Wildman–Crippen MR) is 72.5 cm³/mol. The maximum Gasteiger partial charge on any atom is 0.303 e. The molecule has 0 unspecified atom stereocenters. The molecule has 1 rings (SSSR count). The summed E-state index contributed by atoms with van der Waals surface area (Å²) in [4.78, 5) is 21.9. The van der Waals surface area contributed by atoms with Gasteiger partial charge in [0.2, 0.25) is 0 Å². The van der Waals surface area contributed by atoms with Crippen molar-refractivity contribution < 1.29 is 23.5 Å². The number of hydrogen-bond acceptors (Lipinski definition) is 2. The summed E-state index contributed by atoms with van der Waals surface area (Å²) in [6.45, 7) is 0.243. The molecule has 1 aromatic rings. The van der Waals surface area contributed by atoms with Crippen LogP contribution in [0.5, 0.6) is 0 Å². The number of halogens is 3. The van der Waals surface area contributed by atoms with Gasteiger partial charge in [-0.2, -0.15) is 0 Å². The molecule has 0 saturated heterocycles. The molecule has 0 heterocycles. The van der Waals surface area contributed by atoms with Crippen LogP contribution in [0.25, 0.3) is 0 Å². The summed E-state index contributed by atoms with van der Waals surface area (Å²) in [6.07, 6.45) is 1.76. The van der Waals surface area contributed by atoms with Gasteiger partial charge >= 0.3 is 5.97 Å². The summed E-state index contributed by atoms with van der Waals surface area (Å²) in [5.41, 5.74) is -0.612. The number of carboxylic acid groups (broad SMARTS) is 1. The zero-order valence-corrected chi connectivity index (χ0v) is 12.2. The molecule has 1 amide bonds. The van der Waals surface area contributed by atoms with Gasteiger partial charge in [0.15, 0.2) is 0 Å². The van der Waals surface area contributed by atoms with E-state index in [1.54, 1.807) is 0 Å². The Kier molecular flexibility index (Phi) is 6.57. The summed E-state index contributed by atoms with van der Waals surface area (Å²) < 4.78 is 27.2. The first-order valence-corrected chi connectivity index (χ1v) is 6.85. The first-order valence-electron chi connectivity index (χ1n) is 6.06. The monoisotopic (exact) mass is 349 g/mol. The molecule has 0 aliphatic rings. The highest BCUT2D eigenvalue weighted by Gasteiger charge is 2.17. The first-order chi connectivity index (χ1) is 9.41. The van der Waals surface area contributed by atoms with Crippen LogP contribution in [0.15, 0.2) is 16.6 Å². The Morgan fingerprint density at radius 3 is 2.30 bits per heavy atom. The Bertz CT molecular complexity index is 485. The Morgan fingerprint density at radius 2 is 1.75 bits per heavy atom. The fraction of sp³-hybridized carbons (Fsp3) is 0.385. The van der Waals surface area contributed by atoms with Crippen molar-refractivity contribution in [2.75, 3.05) is 6.54 Å². The number of amides is 1. The number of aliphatic carboxylic acids is 1. The van der Waals surface area contributed by atoms with Crippen LogP contribution in [0.4, 0.5) is 8.78 Å². The third-order valence-corrected chi connectivity index (χ3v) is 3.04. The van der Waals surface area contributed by atoms with Crippen molar-refractivity contribution in [1.29, 1.82) is 0 Å². The quantitative estimate of drug-likeness (QED) is 0.743. The molecule has 0 fully saturated rings. The fourth-order valence-electron chi connectivity index (χ4n) is 1.63. The maximum atomic E-state index is 13.5. The third-order valence-electron chi connectivity index (χ3n) is 2.59. The van der Waals surface area contributed by atoms with Gasteiger partial charge in [0.05, 0.1) is 0 Å². The van der Waals surface area contributed by atoms with E-state index in [-0.39, 0.29) is 17.4 Å². The van der Waals surface area contributed by atoms with Gasteiger partial charge in [-0.05, 0) is 25.0 Å². The zero-order valence-electron chi connectivity index (χ0n) is 10.6. The maximum absolute atomic E-state index is 13.5. The zero-order chi connectivity index (χ0) is 15.1. The van der Waals surface area contributed by atoms with Crippen molar-refractivity contribution in [2.24, 2.45) is 0 Å². The Hall–Kier alpha value is -1.50. The molecule has 0 atom stereocenters. The molecule has 0 aliphatic carbocycles. The van der Waals surface area contributed by atoms with Gasteiger partial charge in [-0.15, -0.1) is 0 Å². The molecule has 20 heavy (non-hydrogen) atoms. The molecular weight excluding hydrogens is 336 g/mol. The molecule has 0 spiro atoms. The van der Waals surface area contributed by atoms with Crippen LogP contribution < -0.4 is 5.32 Å². The van der Waals surface area contributed by atoms with Gasteiger partial charge in [-0.1, -0.05) is 22.4 Å². The van der Waals surface area contributed by atoms with E-state index in [1.165, 1.54) is 0 Å². The second kappa shape index (κ2) is 7.94. The minimum absolute atomic E-state index is 0.0733. The second-order valence-electron chi connectivity index (χ2n) is 4.20. The van der Waals surface area contributed by atoms with Gasteiger partial charge in [0.1, 0.15) is 17.2 Å². The predicted octanol–water partition coefficient (Wildman–Crippen LogP) is 3.10. The normalized spacial score (nSPS) is 10.3. The topological polar surface area (TPSA) is 66.4 Å². The van der Waals surface area contributed by atoms with Crippen molar-refractivity contribution in [3.05, 3.63) is 33.8 Å². The molecular formula is C13H14BrF2NO3. The van der Waals surface area contributed by atoms with Crippen LogP contribution in [0.3, 0.4) is 0 Å². The number of carboxylic acids is 1. The average Bonchev–Trinajstić information content (AvgIpc) is 2.31. The van der Waals surface area contributed by atoms with Crippen molar-refractivity contribution in [3.8, 4) is 0 Å². The number of benzene rings is 1. The molecule has 4 nitrogen and oxygen atoms in total. The van der Waals surface area contributed by atoms with E-state index in [2.05, 4.69) is 21.2 Å². The lowest BCUT2D eigenvalue weighted by Crippen LogP contribution is -2.26. The van der Waals surface area contributed by atoms with Gasteiger partial charge in [0.25, 0.3) is 5.91 Å². The van der Waals surface area contributed by atoms with Crippen molar-refractivity contribution >= 4 is 27.8 Å². The average molecular weight is 350 g/mol. The highest BCUT2D eigenvalue weighted by molar-refractivity contribution is 9.10. The lowest BCUT2D eigenvalue weighted by molar-refractivity contribution is -0.137. The van der Waals surface area contributed by atoms with Crippen LogP contribution in [0.1, 0.15) is 36.0 Å². The molecule has 0 aromatic heterocycles. The molecule has 2 N–H and O–H groups in total. The molecule has 0 bridgehead atoms. The standard InChI is InChI=1S/C13H14BrF2NO3/c14-8-6-9(15)12(10(16)7-8)13(20)17-5-3-1-2-4-11(18)19/h6-7H,1-5H2,(H,17,20)(H,18,19). The van der Waals surface area contributed by atoms with Crippen LogP contribution in [-0.2, 0) is 4.79 Å². The van der Waals surface area contributed by atoms with E-state index < -0.39 is 29.1 Å². The lowest BCUT2D eigenvalue weighted by Gasteiger charge is -2.07. The smallest absolute Gasteiger partial charge is 0.303 e. The number of hydrogen-bond donors (Lipinski definition) is 2. The Balaban J connectivity index is 2.42. The largest absolute Gasteiger partial charge is 0.481 e. The van der Waals surface area contributed by atoms with Crippen LogP contribution >= 0.6 is 15.9 Å². The highest BCUT2D eigenvalue weighted by atomic mass is 79.9. The van der Waals surface area contributed by atoms with E-state index in [1.807, 2.05) is 0 Å². The van der Waals surface area contributed by atoms with Gasteiger partial charge in [0, 0.05) is 17.4 Å². The third kappa shape index (κ3) is 5.24. The van der Waals surface area contributed by atoms with E-state index in [0.29, 0.717) is 19.3 Å². The summed E-state index contributed by atoms with van der Waals surface area (Å²) in [5.74, 6) is -3.54. The van der Waals surface area contributed by atoms with Crippen molar-refractivity contribution in [2.45, 2.75) is 25.7 Å². The molecule has 1 aromatic carbocycles. The molecule has 0 saturated carbocycles. The Morgan fingerprint density at radius 1 is 1.15 bits per heavy atom. The number of nitrogens with one attached hydrogen (secondary N) is 1. The van der Waals surface area contributed by atoms with Gasteiger partial charge in [-0.25, -0.2) is 8.78 Å². The van der Waals surface area contributed by atoms with E-state index >= 15 is 0 Å². The summed E-state index contributed by atoms with van der Waals surface area (Å²) in [6, 6.07) is 2.04. The van der Waals surface area contributed by atoms with E-state index in [9.17, 15) is 18.4 Å². The van der Waals surface area contributed by atoms with E-state index in [0.717, 1.165) is 12.1 Å². The molecule has 7 heteroatoms. The van der Waals surface area contributed by atoms with Crippen LogP contribution in [0.2, 0.25) is 0 Å². The van der Waals surface area contributed by atoms with Gasteiger partial charge < -0.3 is 10.4 Å². The van der Waals surface area contributed by atoms with Crippen molar-refractivity contribution in [1.82, 2.24) is 5.32 Å². The van der Waals surface area contributed by atoms with Crippen LogP contribution in [-0.4, -0.2) is 23.5 Å². The molecule has 0 radical (unpaired) electrons. The minimum Gasteiger partial charge on any atom is -0.481 e. The lowest BCUT2D eigenvalue weighted by atomic mass is 10.1. The summed E-state index contributed by atoms with van der Waals surface area (Å²) in [7, 11) is 0. The van der Waals surface area contributed by atoms with Crippen LogP contribution in [0, 0.1) is 11.6 Å². The SMILES string of the molecule is O=C(O)CCCCCNC(=O)c1c(F)cc(Br)cc1F. The number of carbonyl (C=O) groups excluding carboxylic acids is 1. The minimum atomic E-state index is -0.930. The fourth-order valence-corrected chi connectivity index (χ4v) is 2.03. The number of unbranched alkanes of at least 4 members (excludes halogenated alkanes) is 2. The highest BCUT2D eigenvalue weighted by Crippen LogP contribution is 2.19. The summed E-state index contributed by atoms with van der Waals surface area (Å²) in [5, 5.41) is 10.8. The number of carbonyl (C=O) groups is 2. The molecule has 0 aliphatic heterocycles. The first kappa shape index (κ1) is 16.6. The number of rotatable bonds is 7. The second-order valence-corrected chi connectivity index (χ2v) is 5.12. The summed E-state index contributed by atoms with van der Waals surface area (Å²) >= 11 is 2.93. The van der Waals surface area contributed by atoms with Crippen molar-refractivity contribution in [3.63, 3.8) is 0 Å². The van der Waals surface area contributed by atoms with E-state index in [4.69, 9.17) is 5.11 Å². The molecule has 110 valence electrons.